The summed E-state index contributed by atoms with van der Waals surface area (Å²) in [5, 5.41) is 2.79. The number of carbonyl (C=O) groups excluding carboxylic acids is 1. The van der Waals surface area contributed by atoms with Gasteiger partial charge in [-0.25, -0.2) is 0 Å². The van der Waals surface area contributed by atoms with Gasteiger partial charge in [0, 0.05) is 18.8 Å². The van der Waals surface area contributed by atoms with Crippen LogP contribution in [0.4, 0.5) is 0 Å². The molecule has 0 aliphatic heterocycles. The number of hydrogen-bond acceptors (Lipinski definition) is 2. The fourth-order valence-electron chi connectivity index (χ4n) is 1.29. The summed E-state index contributed by atoms with van der Waals surface area (Å²) in [5.41, 5.74) is 1.02. The van der Waals surface area contributed by atoms with Crippen LogP contribution in [0.1, 0.15) is 18.9 Å². The molecule has 0 spiro atoms. The Morgan fingerprint density at radius 3 is 3.00 bits per heavy atom. The molecular formula is C12H16ClNO2. The van der Waals surface area contributed by atoms with Crippen molar-refractivity contribution in [2.45, 2.75) is 19.9 Å². The molecular weight excluding hydrogens is 226 g/mol. The fraction of sp³-hybridized carbons (Fsp3) is 0.417. The van der Waals surface area contributed by atoms with E-state index < -0.39 is 0 Å². The molecule has 0 radical (unpaired) electrons. The normalized spacial score (nSPS) is 9.88. The highest BCUT2D eigenvalue weighted by Crippen LogP contribution is 2.12. The van der Waals surface area contributed by atoms with Crippen LogP contribution in [0.25, 0.3) is 0 Å². The molecule has 3 nitrogen and oxygen atoms in total. The van der Waals surface area contributed by atoms with E-state index in [-0.39, 0.29) is 5.91 Å². The quantitative estimate of drug-likeness (QED) is 0.777. The standard InChI is InChI=1S/C12H16ClNO2/c1-2-16-11-5-3-4-10(8-11)9-14-12(15)6-7-13/h3-5,8H,2,6-7,9H2,1H3,(H,14,15). The zero-order chi connectivity index (χ0) is 11.8. The van der Waals surface area contributed by atoms with Gasteiger partial charge in [-0.05, 0) is 24.6 Å². The van der Waals surface area contributed by atoms with Crippen LogP contribution in [0.15, 0.2) is 24.3 Å². The summed E-state index contributed by atoms with van der Waals surface area (Å²) >= 11 is 5.46. The average Bonchev–Trinajstić information content (AvgIpc) is 2.28. The molecule has 0 fully saturated rings. The van der Waals surface area contributed by atoms with Gasteiger partial charge in [-0.2, -0.15) is 0 Å². The largest absolute Gasteiger partial charge is 0.494 e. The number of ether oxygens (including phenoxy) is 1. The van der Waals surface area contributed by atoms with E-state index in [1.165, 1.54) is 0 Å². The first-order chi connectivity index (χ1) is 7.76. The lowest BCUT2D eigenvalue weighted by Crippen LogP contribution is -2.22. The number of benzene rings is 1. The van der Waals surface area contributed by atoms with Gasteiger partial charge in [0.05, 0.1) is 6.61 Å². The molecule has 0 saturated carbocycles. The van der Waals surface area contributed by atoms with Crippen LogP contribution in [0, 0.1) is 0 Å². The third kappa shape index (κ3) is 4.53. The lowest BCUT2D eigenvalue weighted by Gasteiger charge is -2.07. The molecule has 1 aromatic carbocycles. The molecule has 1 aromatic rings. The van der Waals surface area contributed by atoms with E-state index in [1.807, 2.05) is 31.2 Å². The predicted molar refractivity (Wildman–Crippen MR) is 64.8 cm³/mol. The zero-order valence-electron chi connectivity index (χ0n) is 9.33. The molecule has 1 amide bonds. The van der Waals surface area contributed by atoms with E-state index in [9.17, 15) is 4.79 Å². The van der Waals surface area contributed by atoms with Gasteiger partial charge in [-0.3, -0.25) is 4.79 Å². The van der Waals surface area contributed by atoms with Gasteiger partial charge in [-0.15, -0.1) is 11.6 Å². The fourth-order valence-corrected chi connectivity index (χ4v) is 1.46. The van der Waals surface area contributed by atoms with Gasteiger partial charge < -0.3 is 10.1 Å². The molecule has 1 N–H and O–H groups in total. The molecule has 0 aliphatic carbocycles. The summed E-state index contributed by atoms with van der Waals surface area (Å²) in [4.78, 5) is 11.2. The molecule has 0 aliphatic rings. The number of alkyl halides is 1. The molecule has 1 rings (SSSR count). The lowest BCUT2D eigenvalue weighted by atomic mass is 10.2. The van der Waals surface area contributed by atoms with Crippen LogP contribution in [0.3, 0.4) is 0 Å². The maximum Gasteiger partial charge on any atom is 0.221 e. The highest BCUT2D eigenvalue weighted by atomic mass is 35.5. The van der Waals surface area contributed by atoms with Crippen molar-refractivity contribution in [1.29, 1.82) is 0 Å². The van der Waals surface area contributed by atoms with E-state index in [2.05, 4.69) is 5.32 Å². The van der Waals surface area contributed by atoms with E-state index >= 15 is 0 Å². The van der Waals surface area contributed by atoms with Crippen LogP contribution < -0.4 is 10.1 Å². The minimum absolute atomic E-state index is 0.0307. The Kier molecular flexibility index (Phi) is 5.72. The van der Waals surface area contributed by atoms with Crippen molar-refractivity contribution < 1.29 is 9.53 Å². The van der Waals surface area contributed by atoms with Crippen molar-refractivity contribution in [2.75, 3.05) is 12.5 Å². The van der Waals surface area contributed by atoms with Gasteiger partial charge in [0.2, 0.25) is 5.91 Å². The van der Waals surface area contributed by atoms with E-state index in [0.717, 1.165) is 11.3 Å². The molecule has 0 unspecified atom stereocenters. The van der Waals surface area contributed by atoms with E-state index in [1.54, 1.807) is 0 Å². The first-order valence-corrected chi connectivity index (χ1v) is 5.84. The lowest BCUT2D eigenvalue weighted by molar-refractivity contribution is -0.120. The summed E-state index contributed by atoms with van der Waals surface area (Å²) < 4.78 is 5.37. The van der Waals surface area contributed by atoms with Crippen LogP contribution in [-0.2, 0) is 11.3 Å². The summed E-state index contributed by atoms with van der Waals surface area (Å²) in [6.45, 7) is 3.09. The monoisotopic (exact) mass is 241 g/mol. The molecule has 0 bridgehead atoms. The minimum atomic E-state index is -0.0307. The number of amides is 1. The van der Waals surface area contributed by atoms with Crippen LogP contribution in [0.2, 0.25) is 0 Å². The summed E-state index contributed by atoms with van der Waals surface area (Å²) in [6, 6.07) is 7.68. The Bertz CT molecular complexity index is 342. The number of hydrogen-bond donors (Lipinski definition) is 1. The van der Waals surface area contributed by atoms with Gasteiger partial charge in [0.1, 0.15) is 5.75 Å². The van der Waals surface area contributed by atoms with Gasteiger partial charge in [0.15, 0.2) is 0 Å². The van der Waals surface area contributed by atoms with Crippen molar-refractivity contribution in [3.05, 3.63) is 29.8 Å². The number of rotatable bonds is 6. The Balaban J connectivity index is 2.47. The van der Waals surface area contributed by atoms with Crippen LogP contribution in [0.5, 0.6) is 5.75 Å². The molecule has 0 saturated heterocycles. The maximum absolute atomic E-state index is 11.2. The summed E-state index contributed by atoms with van der Waals surface area (Å²) in [5.74, 6) is 1.15. The van der Waals surface area contributed by atoms with Gasteiger partial charge in [-0.1, -0.05) is 12.1 Å². The number of nitrogens with one attached hydrogen (secondary N) is 1. The third-order valence-electron chi connectivity index (χ3n) is 2.02. The second-order valence-corrected chi connectivity index (χ2v) is 3.67. The average molecular weight is 242 g/mol. The second kappa shape index (κ2) is 7.12. The number of carbonyl (C=O) groups is 1. The predicted octanol–water partition coefficient (Wildman–Crippen LogP) is 2.33. The van der Waals surface area contributed by atoms with Crippen molar-refractivity contribution in [1.82, 2.24) is 5.32 Å². The van der Waals surface area contributed by atoms with Gasteiger partial charge >= 0.3 is 0 Å². The highest BCUT2D eigenvalue weighted by molar-refractivity contribution is 6.18. The minimum Gasteiger partial charge on any atom is -0.494 e. The summed E-state index contributed by atoms with van der Waals surface area (Å²) in [6.07, 6.45) is 0.354. The van der Waals surface area contributed by atoms with Crippen molar-refractivity contribution in [3.8, 4) is 5.75 Å². The molecule has 88 valence electrons. The highest BCUT2D eigenvalue weighted by Gasteiger charge is 2.00. The van der Waals surface area contributed by atoms with Crippen LogP contribution in [-0.4, -0.2) is 18.4 Å². The molecule has 0 atom stereocenters. The SMILES string of the molecule is CCOc1cccc(CNC(=O)CCCl)c1. The first kappa shape index (κ1) is 12.8. The second-order valence-electron chi connectivity index (χ2n) is 3.30. The maximum atomic E-state index is 11.2. The molecule has 4 heteroatoms. The smallest absolute Gasteiger partial charge is 0.221 e. The molecule has 0 heterocycles. The Labute approximate surface area is 101 Å². The van der Waals surface area contributed by atoms with Crippen molar-refractivity contribution in [2.24, 2.45) is 0 Å². The molecule has 0 aromatic heterocycles. The van der Waals surface area contributed by atoms with Gasteiger partial charge in [0.25, 0.3) is 0 Å². The number of halogens is 1. The Hall–Kier alpha value is -1.22. The summed E-state index contributed by atoms with van der Waals surface area (Å²) in [7, 11) is 0. The van der Waals surface area contributed by atoms with E-state index in [0.29, 0.717) is 25.5 Å². The van der Waals surface area contributed by atoms with E-state index in [4.69, 9.17) is 16.3 Å². The topological polar surface area (TPSA) is 38.3 Å². The Morgan fingerprint density at radius 1 is 1.50 bits per heavy atom. The first-order valence-electron chi connectivity index (χ1n) is 5.30. The van der Waals surface area contributed by atoms with Crippen molar-refractivity contribution >= 4 is 17.5 Å². The van der Waals surface area contributed by atoms with Crippen LogP contribution >= 0.6 is 11.6 Å². The molecule has 16 heavy (non-hydrogen) atoms. The van der Waals surface area contributed by atoms with Crippen molar-refractivity contribution in [3.63, 3.8) is 0 Å². The zero-order valence-corrected chi connectivity index (χ0v) is 10.1. The third-order valence-corrected chi connectivity index (χ3v) is 2.21. The Morgan fingerprint density at radius 2 is 2.31 bits per heavy atom.